The van der Waals surface area contributed by atoms with Crippen LogP contribution in [0.4, 0.5) is 5.69 Å². The van der Waals surface area contributed by atoms with E-state index in [0.717, 1.165) is 67.9 Å². The van der Waals surface area contributed by atoms with E-state index in [2.05, 4.69) is 26.1 Å². The van der Waals surface area contributed by atoms with E-state index >= 15 is 0 Å². The summed E-state index contributed by atoms with van der Waals surface area (Å²) in [5, 5.41) is 3.52. The summed E-state index contributed by atoms with van der Waals surface area (Å²) in [4.78, 5) is 27.4. The fourth-order valence-corrected chi connectivity index (χ4v) is 6.49. The van der Waals surface area contributed by atoms with Gasteiger partial charge in [-0.3, -0.25) is 9.59 Å². The second-order valence-electron chi connectivity index (χ2n) is 10.7. The molecule has 2 aliphatic carbocycles. The Kier molecular flexibility index (Phi) is 9.70. The van der Waals surface area contributed by atoms with Crippen molar-refractivity contribution in [3.8, 4) is 0 Å². The first-order chi connectivity index (χ1) is 15.4. The van der Waals surface area contributed by atoms with Crippen molar-refractivity contribution in [1.29, 1.82) is 0 Å². The average Bonchev–Trinajstić information content (AvgIpc) is 3.28. The van der Waals surface area contributed by atoms with Gasteiger partial charge in [0.2, 0.25) is 5.91 Å². The Hall–Kier alpha value is -1.29. The average molecular weight is 458 g/mol. The van der Waals surface area contributed by atoms with Crippen LogP contribution in [0.25, 0.3) is 0 Å². The third kappa shape index (κ3) is 6.85. The van der Waals surface area contributed by atoms with E-state index in [4.69, 9.17) is 0 Å². The van der Waals surface area contributed by atoms with Gasteiger partial charge >= 0.3 is 0 Å². The minimum Gasteiger partial charge on any atom is -0.325 e. The maximum absolute atomic E-state index is 13.4. The fraction of sp³-hybridized carbons (Fsp3) is 0.714. The third-order valence-electron chi connectivity index (χ3n) is 7.73. The molecule has 4 heteroatoms. The van der Waals surface area contributed by atoms with E-state index in [1.807, 2.05) is 24.3 Å². The zero-order valence-corrected chi connectivity index (χ0v) is 21.3. The van der Waals surface area contributed by atoms with Gasteiger partial charge < -0.3 is 5.32 Å². The van der Waals surface area contributed by atoms with Gasteiger partial charge in [-0.25, -0.2) is 0 Å². The highest BCUT2D eigenvalue weighted by atomic mass is 32.2. The summed E-state index contributed by atoms with van der Waals surface area (Å²) >= 11 is 1.34. The molecular weight excluding hydrogens is 414 g/mol. The number of amides is 1. The lowest BCUT2D eigenvalue weighted by atomic mass is 9.79. The number of carbonyl (C=O) groups excluding carboxylic acids is 2. The number of rotatable bonds is 10. The Bertz CT molecular complexity index is 746. The van der Waals surface area contributed by atoms with Crippen LogP contribution in [0.15, 0.2) is 29.2 Å². The van der Waals surface area contributed by atoms with E-state index in [9.17, 15) is 9.59 Å². The molecule has 0 unspecified atom stereocenters. The number of para-hydroxylation sites is 1. The molecule has 3 rings (SSSR count). The summed E-state index contributed by atoms with van der Waals surface area (Å²) in [6.45, 7) is 6.71. The van der Waals surface area contributed by atoms with Gasteiger partial charge in [0.15, 0.2) is 5.12 Å². The second kappa shape index (κ2) is 12.3. The molecule has 178 valence electrons. The fourth-order valence-electron chi connectivity index (χ4n) is 5.49. The van der Waals surface area contributed by atoms with Crippen LogP contribution in [0.3, 0.4) is 0 Å². The van der Waals surface area contributed by atoms with Crippen molar-refractivity contribution in [2.75, 3.05) is 5.32 Å². The molecule has 0 heterocycles. The van der Waals surface area contributed by atoms with E-state index < -0.39 is 0 Å². The number of unbranched alkanes of at least 4 members (excludes halogenated alkanes) is 1. The number of nitrogens with one attached hydrogen (secondary N) is 1. The highest BCUT2D eigenvalue weighted by Gasteiger charge is 2.41. The number of thioether (sulfide) groups is 1. The summed E-state index contributed by atoms with van der Waals surface area (Å²) in [7, 11) is 0. The minimum absolute atomic E-state index is 0.160. The van der Waals surface area contributed by atoms with Crippen molar-refractivity contribution in [3.05, 3.63) is 24.3 Å². The highest BCUT2D eigenvalue weighted by Crippen LogP contribution is 2.44. The SMILES string of the molecule is CCCCC1CCC(C(=O)Sc2ccccc2NC(=O)C2(CCC(C)C)CCCC2)CC1. The second-order valence-corrected chi connectivity index (χ2v) is 11.7. The minimum atomic E-state index is -0.233. The Balaban J connectivity index is 1.61. The molecule has 0 bridgehead atoms. The number of carbonyl (C=O) groups is 2. The van der Waals surface area contributed by atoms with Crippen LogP contribution in [0.5, 0.6) is 0 Å². The smallest absolute Gasteiger partial charge is 0.230 e. The van der Waals surface area contributed by atoms with E-state index in [0.29, 0.717) is 5.92 Å². The molecule has 1 aromatic rings. The molecule has 0 saturated heterocycles. The van der Waals surface area contributed by atoms with Gasteiger partial charge in [-0.15, -0.1) is 0 Å². The third-order valence-corrected chi connectivity index (χ3v) is 8.84. The highest BCUT2D eigenvalue weighted by molar-refractivity contribution is 8.13. The summed E-state index contributed by atoms with van der Waals surface area (Å²) in [6.07, 6.45) is 14.6. The van der Waals surface area contributed by atoms with Gasteiger partial charge in [-0.1, -0.05) is 65.0 Å². The van der Waals surface area contributed by atoms with Gasteiger partial charge in [0.05, 0.1) is 5.69 Å². The molecule has 3 nitrogen and oxygen atoms in total. The quantitative estimate of drug-likeness (QED) is 0.360. The van der Waals surface area contributed by atoms with E-state index in [-0.39, 0.29) is 22.4 Å². The van der Waals surface area contributed by atoms with Gasteiger partial charge in [-0.2, -0.15) is 0 Å². The Morgan fingerprint density at radius 3 is 2.44 bits per heavy atom. The zero-order valence-electron chi connectivity index (χ0n) is 20.5. The lowest BCUT2D eigenvalue weighted by molar-refractivity contribution is -0.126. The Morgan fingerprint density at radius 1 is 1.09 bits per heavy atom. The molecule has 0 spiro atoms. The van der Waals surface area contributed by atoms with Crippen LogP contribution in [-0.4, -0.2) is 11.0 Å². The van der Waals surface area contributed by atoms with E-state index in [1.165, 1.54) is 43.9 Å². The predicted molar refractivity (Wildman–Crippen MR) is 136 cm³/mol. The molecule has 1 amide bonds. The lowest BCUT2D eigenvalue weighted by Crippen LogP contribution is -2.34. The van der Waals surface area contributed by atoms with Crippen LogP contribution in [0.2, 0.25) is 0 Å². The number of benzene rings is 1. The maximum atomic E-state index is 13.4. The molecule has 2 aliphatic rings. The van der Waals surface area contributed by atoms with Gasteiger partial charge in [0.25, 0.3) is 0 Å². The molecule has 0 aromatic heterocycles. The zero-order chi connectivity index (χ0) is 23.0. The van der Waals surface area contributed by atoms with Crippen molar-refractivity contribution < 1.29 is 9.59 Å². The number of hydrogen-bond donors (Lipinski definition) is 1. The maximum Gasteiger partial charge on any atom is 0.230 e. The van der Waals surface area contributed by atoms with Crippen molar-refractivity contribution in [1.82, 2.24) is 0 Å². The van der Waals surface area contributed by atoms with Crippen LogP contribution < -0.4 is 5.32 Å². The van der Waals surface area contributed by atoms with Crippen molar-refractivity contribution in [2.24, 2.45) is 23.2 Å². The van der Waals surface area contributed by atoms with Crippen LogP contribution in [-0.2, 0) is 9.59 Å². The molecule has 32 heavy (non-hydrogen) atoms. The Morgan fingerprint density at radius 2 is 1.78 bits per heavy atom. The number of anilines is 1. The first-order valence-corrected chi connectivity index (χ1v) is 13.9. The van der Waals surface area contributed by atoms with Gasteiger partial charge in [0.1, 0.15) is 0 Å². The largest absolute Gasteiger partial charge is 0.325 e. The van der Waals surface area contributed by atoms with Crippen LogP contribution in [0, 0.1) is 23.2 Å². The first kappa shape index (κ1) is 25.3. The van der Waals surface area contributed by atoms with Gasteiger partial charge in [-0.05, 0) is 87.1 Å². The molecule has 0 aliphatic heterocycles. The normalized spacial score (nSPS) is 22.8. The van der Waals surface area contributed by atoms with Crippen LogP contribution in [0.1, 0.15) is 104 Å². The van der Waals surface area contributed by atoms with E-state index in [1.54, 1.807) is 0 Å². The lowest BCUT2D eigenvalue weighted by Gasteiger charge is -2.29. The topological polar surface area (TPSA) is 46.2 Å². The number of hydrogen-bond acceptors (Lipinski definition) is 3. The molecule has 2 fully saturated rings. The summed E-state index contributed by atoms with van der Waals surface area (Å²) in [6, 6.07) is 7.87. The first-order valence-electron chi connectivity index (χ1n) is 13.1. The molecule has 1 aromatic carbocycles. The monoisotopic (exact) mass is 457 g/mol. The van der Waals surface area contributed by atoms with Crippen molar-refractivity contribution >= 4 is 28.5 Å². The standard InChI is InChI=1S/C28H43NO2S/c1-4-5-10-22-13-15-23(16-14-22)26(30)32-25-12-7-6-11-24(25)29-27(31)28(18-8-9-19-28)20-17-21(2)3/h6-7,11-12,21-23H,4-5,8-10,13-20H2,1-3H3,(H,29,31). The molecule has 1 N–H and O–H groups in total. The van der Waals surface area contributed by atoms with Gasteiger partial charge in [0, 0.05) is 16.2 Å². The Labute approximate surface area is 199 Å². The summed E-state index contributed by atoms with van der Waals surface area (Å²) in [5.41, 5.74) is 0.575. The predicted octanol–water partition coefficient (Wildman–Crippen LogP) is 8.24. The molecule has 0 radical (unpaired) electrons. The van der Waals surface area contributed by atoms with Crippen LogP contribution >= 0.6 is 11.8 Å². The van der Waals surface area contributed by atoms with Crippen molar-refractivity contribution in [2.45, 2.75) is 109 Å². The summed E-state index contributed by atoms with van der Waals surface area (Å²) < 4.78 is 0. The molecule has 0 atom stereocenters. The van der Waals surface area contributed by atoms with Crippen molar-refractivity contribution in [3.63, 3.8) is 0 Å². The summed E-state index contributed by atoms with van der Waals surface area (Å²) in [5.74, 6) is 1.74. The molecular formula is C28H43NO2S. The molecule has 2 saturated carbocycles.